The van der Waals surface area contributed by atoms with Crippen LogP contribution in [0.4, 0.5) is 0 Å². The minimum Gasteiger partial charge on any atom is -0.355 e. The van der Waals surface area contributed by atoms with Crippen molar-refractivity contribution in [1.82, 2.24) is 20.3 Å². The highest BCUT2D eigenvalue weighted by Crippen LogP contribution is 2.21. The number of rotatable bonds is 4. The van der Waals surface area contributed by atoms with Crippen molar-refractivity contribution in [1.29, 1.82) is 0 Å². The molecule has 0 saturated carbocycles. The highest BCUT2D eigenvalue weighted by Gasteiger charge is 2.24. The Morgan fingerprint density at radius 3 is 2.96 bits per heavy atom. The molecule has 6 heteroatoms. The number of fused-ring (bicyclic) bond motifs is 1. The summed E-state index contributed by atoms with van der Waals surface area (Å²) in [6.45, 7) is 2.37. The SMILES string of the molecule is Cc1nc2c(c(=O)[nH]1)CCC(C(=O)NCCc1ccccn1)CC2. The zero-order chi connectivity index (χ0) is 16.9. The van der Waals surface area contributed by atoms with Gasteiger partial charge in [0.1, 0.15) is 5.82 Å². The third kappa shape index (κ3) is 3.88. The number of nitrogens with one attached hydrogen (secondary N) is 2. The summed E-state index contributed by atoms with van der Waals surface area (Å²) < 4.78 is 0. The average Bonchev–Trinajstić information content (AvgIpc) is 2.78. The third-order valence-electron chi connectivity index (χ3n) is 4.47. The first-order valence-corrected chi connectivity index (χ1v) is 8.40. The third-order valence-corrected chi connectivity index (χ3v) is 4.47. The van der Waals surface area contributed by atoms with Crippen LogP contribution in [0.25, 0.3) is 0 Å². The lowest BCUT2D eigenvalue weighted by Gasteiger charge is -2.13. The first kappa shape index (κ1) is 16.4. The Morgan fingerprint density at radius 2 is 2.17 bits per heavy atom. The van der Waals surface area contributed by atoms with Crippen LogP contribution in [0.1, 0.15) is 35.6 Å². The first-order valence-electron chi connectivity index (χ1n) is 8.40. The largest absolute Gasteiger partial charge is 0.355 e. The smallest absolute Gasteiger partial charge is 0.254 e. The molecule has 0 fully saturated rings. The Morgan fingerprint density at radius 1 is 1.33 bits per heavy atom. The van der Waals surface area contributed by atoms with Crippen LogP contribution < -0.4 is 10.9 Å². The van der Waals surface area contributed by atoms with Crippen LogP contribution in [0.3, 0.4) is 0 Å². The Balaban J connectivity index is 1.56. The van der Waals surface area contributed by atoms with Crippen LogP contribution in [0.2, 0.25) is 0 Å². The molecule has 2 N–H and O–H groups in total. The Hall–Kier alpha value is -2.50. The van der Waals surface area contributed by atoms with Gasteiger partial charge in [-0.3, -0.25) is 14.6 Å². The number of hydrogen-bond donors (Lipinski definition) is 2. The van der Waals surface area contributed by atoms with Gasteiger partial charge in [0.15, 0.2) is 0 Å². The van der Waals surface area contributed by atoms with Crippen molar-refractivity contribution < 1.29 is 4.79 Å². The van der Waals surface area contributed by atoms with Crippen LogP contribution in [0, 0.1) is 12.8 Å². The predicted molar refractivity (Wildman–Crippen MR) is 90.7 cm³/mol. The molecule has 24 heavy (non-hydrogen) atoms. The van der Waals surface area contributed by atoms with E-state index >= 15 is 0 Å². The summed E-state index contributed by atoms with van der Waals surface area (Å²) in [7, 11) is 0. The molecule has 0 aliphatic heterocycles. The molecule has 0 saturated heterocycles. The van der Waals surface area contributed by atoms with Gasteiger partial charge < -0.3 is 10.3 Å². The summed E-state index contributed by atoms with van der Waals surface area (Å²) >= 11 is 0. The maximum atomic E-state index is 12.4. The standard InChI is InChI=1S/C18H22N4O2/c1-12-21-16-8-6-13(5-7-15(16)18(24)22-12)17(23)20-11-9-14-4-2-3-10-19-14/h2-4,10,13H,5-9,11H2,1H3,(H,20,23)(H,21,22,24). The van der Waals surface area contributed by atoms with Gasteiger partial charge in [-0.05, 0) is 44.7 Å². The zero-order valence-corrected chi connectivity index (χ0v) is 13.8. The van der Waals surface area contributed by atoms with E-state index in [2.05, 4.69) is 20.3 Å². The van der Waals surface area contributed by atoms with Crippen molar-refractivity contribution in [2.24, 2.45) is 5.92 Å². The number of carbonyl (C=O) groups excluding carboxylic acids is 1. The predicted octanol–water partition coefficient (Wildman–Crippen LogP) is 1.33. The minimum absolute atomic E-state index is 0.0614. The van der Waals surface area contributed by atoms with Crippen molar-refractivity contribution in [2.75, 3.05) is 6.54 Å². The van der Waals surface area contributed by atoms with Crippen molar-refractivity contribution in [3.05, 3.63) is 57.5 Å². The number of aromatic nitrogens is 3. The lowest BCUT2D eigenvalue weighted by molar-refractivity contribution is -0.125. The number of hydrogen-bond acceptors (Lipinski definition) is 4. The quantitative estimate of drug-likeness (QED) is 0.830. The lowest BCUT2D eigenvalue weighted by Crippen LogP contribution is -2.32. The molecule has 6 nitrogen and oxygen atoms in total. The topological polar surface area (TPSA) is 87.7 Å². The molecule has 2 heterocycles. The summed E-state index contributed by atoms with van der Waals surface area (Å²) in [6, 6.07) is 5.77. The molecule has 1 atom stereocenters. The molecule has 0 aromatic carbocycles. The van der Waals surface area contributed by atoms with E-state index in [1.54, 1.807) is 13.1 Å². The fourth-order valence-corrected chi connectivity index (χ4v) is 3.17. The van der Waals surface area contributed by atoms with Crippen LogP contribution in [0.15, 0.2) is 29.2 Å². The van der Waals surface area contributed by atoms with E-state index in [0.29, 0.717) is 31.6 Å². The second-order valence-electron chi connectivity index (χ2n) is 6.21. The molecule has 0 bridgehead atoms. The van der Waals surface area contributed by atoms with E-state index in [1.807, 2.05) is 18.2 Å². The molecule has 1 unspecified atom stereocenters. The van der Waals surface area contributed by atoms with Gasteiger partial charge >= 0.3 is 0 Å². The fraction of sp³-hybridized carbons (Fsp3) is 0.444. The van der Waals surface area contributed by atoms with E-state index in [0.717, 1.165) is 29.8 Å². The van der Waals surface area contributed by atoms with Gasteiger partial charge in [0.2, 0.25) is 5.91 Å². The minimum atomic E-state index is -0.0670. The Kier molecular flexibility index (Phi) is 5.03. The summed E-state index contributed by atoms with van der Waals surface area (Å²) in [5, 5.41) is 3.00. The number of nitrogens with zero attached hydrogens (tertiary/aromatic N) is 2. The molecule has 2 aromatic rings. The maximum absolute atomic E-state index is 12.4. The van der Waals surface area contributed by atoms with Gasteiger partial charge in [0.25, 0.3) is 5.56 Å². The Labute approximate surface area is 140 Å². The molecule has 0 radical (unpaired) electrons. The number of amides is 1. The van der Waals surface area contributed by atoms with Gasteiger partial charge in [-0.15, -0.1) is 0 Å². The van der Waals surface area contributed by atoms with Crippen molar-refractivity contribution in [2.45, 2.75) is 39.0 Å². The number of aryl methyl sites for hydroxylation is 2. The average molecular weight is 326 g/mol. The molecule has 1 aliphatic carbocycles. The van der Waals surface area contributed by atoms with Gasteiger partial charge in [0.05, 0.1) is 5.69 Å². The summed E-state index contributed by atoms with van der Waals surface area (Å²) in [6.07, 6.45) is 5.19. The van der Waals surface area contributed by atoms with Crippen molar-refractivity contribution in [3.8, 4) is 0 Å². The summed E-state index contributed by atoms with van der Waals surface area (Å²) in [5.74, 6) is 0.631. The normalized spacial score (nSPS) is 17.0. The number of H-pyrrole nitrogens is 1. The molecular weight excluding hydrogens is 304 g/mol. The second-order valence-corrected chi connectivity index (χ2v) is 6.21. The first-order chi connectivity index (χ1) is 11.6. The summed E-state index contributed by atoms with van der Waals surface area (Å²) in [4.78, 5) is 35.9. The summed E-state index contributed by atoms with van der Waals surface area (Å²) in [5.41, 5.74) is 2.50. The molecule has 126 valence electrons. The van der Waals surface area contributed by atoms with E-state index in [9.17, 15) is 9.59 Å². The monoisotopic (exact) mass is 326 g/mol. The zero-order valence-electron chi connectivity index (χ0n) is 13.8. The highest BCUT2D eigenvalue weighted by molar-refractivity contribution is 5.78. The molecule has 1 aliphatic rings. The van der Waals surface area contributed by atoms with E-state index in [1.165, 1.54) is 0 Å². The molecule has 3 rings (SSSR count). The van der Waals surface area contributed by atoms with E-state index in [4.69, 9.17) is 0 Å². The van der Waals surface area contributed by atoms with E-state index < -0.39 is 0 Å². The van der Waals surface area contributed by atoms with E-state index in [-0.39, 0.29) is 17.4 Å². The molecule has 2 aromatic heterocycles. The van der Waals surface area contributed by atoms with Crippen LogP contribution in [-0.2, 0) is 24.1 Å². The highest BCUT2D eigenvalue weighted by atomic mass is 16.2. The molecule has 0 spiro atoms. The van der Waals surface area contributed by atoms with Crippen molar-refractivity contribution in [3.63, 3.8) is 0 Å². The second kappa shape index (κ2) is 7.38. The number of pyridine rings is 1. The van der Waals surface area contributed by atoms with Gasteiger partial charge in [-0.1, -0.05) is 6.07 Å². The van der Waals surface area contributed by atoms with Crippen LogP contribution in [-0.4, -0.2) is 27.4 Å². The lowest BCUT2D eigenvalue weighted by atomic mass is 9.99. The van der Waals surface area contributed by atoms with Gasteiger partial charge in [-0.2, -0.15) is 0 Å². The fourth-order valence-electron chi connectivity index (χ4n) is 3.17. The molecule has 1 amide bonds. The number of aromatic amines is 1. The maximum Gasteiger partial charge on any atom is 0.254 e. The van der Waals surface area contributed by atoms with Crippen LogP contribution >= 0.6 is 0 Å². The molecular formula is C18H22N4O2. The Bertz CT molecular complexity index is 770. The van der Waals surface area contributed by atoms with Crippen LogP contribution in [0.5, 0.6) is 0 Å². The number of carbonyl (C=O) groups is 1. The van der Waals surface area contributed by atoms with Crippen molar-refractivity contribution >= 4 is 5.91 Å². The van der Waals surface area contributed by atoms with Gasteiger partial charge in [-0.25, -0.2) is 4.98 Å². The van der Waals surface area contributed by atoms with Gasteiger partial charge in [0, 0.05) is 36.3 Å².